The number of methoxy groups -OCH3 is 1. The number of anilines is 1. The lowest BCUT2D eigenvalue weighted by molar-refractivity contribution is -0.134. The van der Waals surface area contributed by atoms with Gasteiger partial charge in [0.2, 0.25) is 5.91 Å². The van der Waals surface area contributed by atoms with Gasteiger partial charge in [-0.3, -0.25) is 14.4 Å². The van der Waals surface area contributed by atoms with Crippen LogP contribution in [0.4, 0.5) is 5.69 Å². The van der Waals surface area contributed by atoms with Gasteiger partial charge >= 0.3 is 0 Å². The van der Waals surface area contributed by atoms with Gasteiger partial charge in [-0.05, 0) is 47.7 Å². The van der Waals surface area contributed by atoms with Crippen LogP contribution in [0, 0.1) is 5.92 Å². The van der Waals surface area contributed by atoms with Gasteiger partial charge in [0.25, 0.3) is 11.5 Å². The molecule has 1 saturated heterocycles. The number of piperidine rings is 1. The van der Waals surface area contributed by atoms with Crippen molar-refractivity contribution in [2.45, 2.75) is 25.3 Å². The zero-order chi connectivity index (χ0) is 24.4. The number of carbonyl (C=O) groups is 2. The van der Waals surface area contributed by atoms with Crippen molar-refractivity contribution in [2.75, 3.05) is 32.1 Å². The van der Waals surface area contributed by atoms with Gasteiger partial charge in [0.05, 0.1) is 13.0 Å². The molecule has 7 nitrogen and oxygen atoms in total. The number of nitrogens with one attached hydrogen (secondary N) is 1. The number of nitrogens with zero attached hydrogens (tertiary/aromatic N) is 2. The third-order valence-electron chi connectivity index (χ3n) is 6.98. The number of amides is 2. The predicted molar refractivity (Wildman–Crippen MR) is 134 cm³/mol. The van der Waals surface area contributed by atoms with Crippen LogP contribution in [0.2, 0.25) is 0 Å². The van der Waals surface area contributed by atoms with Gasteiger partial charge in [-0.1, -0.05) is 42.5 Å². The van der Waals surface area contributed by atoms with Gasteiger partial charge in [-0.15, -0.1) is 0 Å². The third kappa shape index (κ3) is 4.77. The summed E-state index contributed by atoms with van der Waals surface area (Å²) in [5.74, 6) is 0.131. The fourth-order valence-corrected chi connectivity index (χ4v) is 5.23. The summed E-state index contributed by atoms with van der Waals surface area (Å²) in [7, 11) is 1.59. The summed E-state index contributed by atoms with van der Waals surface area (Å²) in [6, 6.07) is 20.9. The molecule has 2 bridgehead atoms. The molecule has 5 rings (SSSR count). The zero-order valence-electron chi connectivity index (χ0n) is 19.8. The van der Waals surface area contributed by atoms with E-state index in [0.717, 1.165) is 23.2 Å². The highest BCUT2D eigenvalue weighted by Crippen LogP contribution is 2.35. The van der Waals surface area contributed by atoms with Crippen LogP contribution in [0.15, 0.2) is 71.5 Å². The minimum atomic E-state index is -0.312. The SMILES string of the molecule is COCCC(=O)N1C[C@H]2C[C@@H](C1)c1ccc(NC(=O)c3ccc(-c4ccccc4)cc3)c(=O)n1C2. The summed E-state index contributed by atoms with van der Waals surface area (Å²) in [6.45, 7) is 2.22. The summed E-state index contributed by atoms with van der Waals surface area (Å²) in [6.07, 6.45) is 1.34. The molecule has 1 fully saturated rings. The van der Waals surface area contributed by atoms with Gasteiger partial charge < -0.3 is 19.5 Å². The third-order valence-corrected chi connectivity index (χ3v) is 6.98. The molecule has 0 unspecified atom stereocenters. The molecule has 3 heterocycles. The van der Waals surface area contributed by atoms with Crippen LogP contribution in [-0.4, -0.2) is 48.1 Å². The molecule has 2 aliphatic rings. The lowest BCUT2D eigenvalue weighted by Gasteiger charge is -2.43. The van der Waals surface area contributed by atoms with Crippen molar-refractivity contribution in [3.8, 4) is 11.1 Å². The molecule has 0 radical (unpaired) electrons. The number of benzene rings is 2. The van der Waals surface area contributed by atoms with E-state index in [1.807, 2.05) is 53.4 Å². The van der Waals surface area contributed by atoms with Crippen LogP contribution < -0.4 is 10.9 Å². The Morgan fingerprint density at radius 3 is 2.43 bits per heavy atom. The van der Waals surface area contributed by atoms with E-state index in [4.69, 9.17) is 4.74 Å². The van der Waals surface area contributed by atoms with E-state index in [-0.39, 0.29) is 34.9 Å². The number of hydrogen-bond donors (Lipinski definition) is 1. The molecule has 0 spiro atoms. The van der Waals surface area contributed by atoms with Gasteiger partial charge in [0, 0.05) is 43.9 Å². The maximum Gasteiger partial charge on any atom is 0.274 e. The average Bonchev–Trinajstić information content (AvgIpc) is 2.89. The van der Waals surface area contributed by atoms with Gasteiger partial charge in [0.15, 0.2) is 0 Å². The molecule has 0 saturated carbocycles. The number of ether oxygens (including phenoxy) is 1. The quantitative estimate of drug-likeness (QED) is 0.594. The molecule has 7 heteroatoms. The van der Waals surface area contributed by atoms with Gasteiger partial charge in [-0.25, -0.2) is 0 Å². The normalized spacial score (nSPS) is 18.6. The molecule has 180 valence electrons. The van der Waals surface area contributed by atoms with E-state index in [1.54, 1.807) is 29.9 Å². The second-order valence-electron chi connectivity index (χ2n) is 9.33. The molecule has 0 aliphatic carbocycles. The Kier molecular flexibility index (Phi) is 6.51. The fraction of sp³-hybridized carbons (Fsp3) is 0.321. The first-order chi connectivity index (χ1) is 17.0. The van der Waals surface area contributed by atoms with Crippen molar-refractivity contribution in [1.82, 2.24) is 9.47 Å². The second-order valence-corrected chi connectivity index (χ2v) is 9.33. The summed E-state index contributed by atoms with van der Waals surface area (Å²) in [4.78, 5) is 40.5. The van der Waals surface area contributed by atoms with E-state index >= 15 is 0 Å². The van der Waals surface area contributed by atoms with E-state index in [2.05, 4.69) is 5.32 Å². The molecule has 2 amide bonds. The molecule has 2 aromatic carbocycles. The molecule has 35 heavy (non-hydrogen) atoms. The highest BCUT2D eigenvalue weighted by Gasteiger charge is 2.36. The van der Waals surface area contributed by atoms with Gasteiger partial charge in [0.1, 0.15) is 5.69 Å². The van der Waals surface area contributed by atoms with E-state index < -0.39 is 0 Å². The average molecular weight is 472 g/mol. The predicted octanol–water partition coefficient (Wildman–Crippen LogP) is 3.75. The van der Waals surface area contributed by atoms with Crippen LogP contribution in [0.25, 0.3) is 11.1 Å². The van der Waals surface area contributed by atoms with E-state index in [9.17, 15) is 14.4 Å². The van der Waals surface area contributed by atoms with Crippen molar-refractivity contribution in [2.24, 2.45) is 5.92 Å². The van der Waals surface area contributed by atoms with Crippen molar-refractivity contribution < 1.29 is 14.3 Å². The van der Waals surface area contributed by atoms with Crippen LogP contribution in [-0.2, 0) is 16.1 Å². The Morgan fingerprint density at radius 1 is 0.943 bits per heavy atom. The smallest absolute Gasteiger partial charge is 0.274 e. The number of aromatic nitrogens is 1. The Bertz CT molecular complexity index is 1280. The maximum atomic E-state index is 13.3. The molecule has 2 aliphatic heterocycles. The Labute approximate surface area is 204 Å². The molecule has 1 aromatic heterocycles. The van der Waals surface area contributed by atoms with E-state index in [0.29, 0.717) is 38.2 Å². The monoisotopic (exact) mass is 471 g/mol. The Morgan fingerprint density at radius 2 is 1.69 bits per heavy atom. The summed E-state index contributed by atoms with van der Waals surface area (Å²) in [5, 5.41) is 2.80. The maximum absolute atomic E-state index is 13.3. The van der Waals surface area contributed by atoms with Crippen LogP contribution >= 0.6 is 0 Å². The minimum absolute atomic E-state index is 0.0968. The van der Waals surface area contributed by atoms with E-state index in [1.165, 1.54) is 0 Å². The number of likely N-dealkylation sites (tertiary alicyclic amines) is 1. The van der Waals surface area contributed by atoms with Crippen LogP contribution in [0.5, 0.6) is 0 Å². The largest absolute Gasteiger partial charge is 0.384 e. The number of fused-ring (bicyclic) bond motifs is 4. The summed E-state index contributed by atoms with van der Waals surface area (Å²) in [5.41, 5.74) is 3.62. The van der Waals surface area contributed by atoms with Crippen molar-refractivity contribution in [3.63, 3.8) is 0 Å². The number of rotatable bonds is 6. The van der Waals surface area contributed by atoms with Gasteiger partial charge in [-0.2, -0.15) is 0 Å². The minimum Gasteiger partial charge on any atom is -0.384 e. The summed E-state index contributed by atoms with van der Waals surface area (Å²) >= 11 is 0. The standard InChI is InChI=1S/C28H29N3O4/c1-35-14-13-26(32)30-16-19-15-23(18-30)25-12-11-24(28(34)31(25)17-19)29-27(33)22-9-7-21(8-10-22)20-5-3-2-4-6-20/h2-12,19,23H,13-18H2,1H3,(H,29,33)/t19-,23+/m1/s1. The zero-order valence-corrected chi connectivity index (χ0v) is 19.8. The second kappa shape index (κ2) is 9.88. The molecule has 1 N–H and O–H groups in total. The van der Waals surface area contributed by atoms with Crippen LogP contribution in [0.3, 0.4) is 0 Å². The Balaban J connectivity index is 1.31. The molecular weight excluding hydrogens is 442 g/mol. The van der Waals surface area contributed by atoms with Crippen molar-refractivity contribution in [3.05, 3.63) is 88.3 Å². The lowest BCUT2D eigenvalue weighted by atomic mass is 9.83. The van der Waals surface area contributed by atoms with Crippen LogP contribution in [0.1, 0.15) is 34.8 Å². The first kappa shape index (κ1) is 23.1. The van der Waals surface area contributed by atoms with Crippen molar-refractivity contribution >= 4 is 17.5 Å². The first-order valence-corrected chi connectivity index (χ1v) is 12.0. The Hall–Kier alpha value is -3.71. The van der Waals surface area contributed by atoms with Crippen molar-refractivity contribution in [1.29, 1.82) is 0 Å². The lowest BCUT2D eigenvalue weighted by Crippen LogP contribution is -2.49. The first-order valence-electron chi connectivity index (χ1n) is 12.0. The number of hydrogen-bond acceptors (Lipinski definition) is 4. The highest BCUT2D eigenvalue weighted by molar-refractivity contribution is 6.04. The topological polar surface area (TPSA) is 80.6 Å². The number of carbonyl (C=O) groups excluding carboxylic acids is 2. The fourth-order valence-electron chi connectivity index (χ4n) is 5.23. The number of pyridine rings is 1. The molecule has 3 aromatic rings. The molecular formula is C28H29N3O4. The summed E-state index contributed by atoms with van der Waals surface area (Å²) < 4.78 is 6.83. The molecule has 2 atom stereocenters. The highest BCUT2D eigenvalue weighted by atomic mass is 16.5.